The van der Waals surface area contributed by atoms with E-state index in [4.69, 9.17) is 16.3 Å². The zero-order chi connectivity index (χ0) is 12.8. The zero-order valence-electron chi connectivity index (χ0n) is 11.1. The Morgan fingerprint density at radius 2 is 2.18 bits per heavy atom. The fraction of sp³-hybridized carbons (Fsp3) is 0.750. The lowest BCUT2D eigenvalue weighted by Crippen LogP contribution is -2.24. The largest absolute Gasteiger partial charge is 0.377 e. The first-order chi connectivity index (χ1) is 8.02. The minimum atomic E-state index is 0.532. The van der Waals surface area contributed by atoms with Crippen molar-refractivity contribution in [3.05, 3.63) is 16.4 Å². The number of hydrogen-bond donors (Lipinski definition) is 1. The summed E-state index contributed by atoms with van der Waals surface area (Å²) in [7, 11) is 1.84. The number of halogens is 1. The summed E-state index contributed by atoms with van der Waals surface area (Å²) in [6.45, 7) is 8.49. The highest BCUT2D eigenvalue weighted by Crippen LogP contribution is 2.19. The SMILES string of the molecule is Cc1nn(C)c(Cl)c1COCCCNC(C)C. The van der Waals surface area contributed by atoms with E-state index in [2.05, 4.69) is 24.3 Å². The van der Waals surface area contributed by atoms with Crippen LogP contribution in [0.1, 0.15) is 31.5 Å². The third kappa shape index (κ3) is 4.66. The van der Waals surface area contributed by atoms with Crippen molar-refractivity contribution in [2.45, 2.75) is 39.8 Å². The molecule has 0 saturated carbocycles. The molecule has 5 heteroatoms. The van der Waals surface area contributed by atoms with Gasteiger partial charge >= 0.3 is 0 Å². The van der Waals surface area contributed by atoms with Gasteiger partial charge in [0.05, 0.1) is 12.3 Å². The molecule has 1 rings (SSSR count). The third-order valence-corrected chi connectivity index (χ3v) is 3.01. The molecular weight excluding hydrogens is 238 g/mol. The average molecular weight is 260 g/mol. The fourth-order valence-corrected chi connectivity index (χ4v) is 1.81. The molecule has 17 heavy (non-hydrogen) atoms. The Balaban J connectivity index is 2.22. The zero-order valence-corrected chi connectivity index (χ0v) is 11.8. The second-order valence-electron chi connectivity index (χ2n) is 4.49. The van der Waals surface area contributed by atoms with E-state index in [1.165, 1.54) is 0 Å². The number of rotatable bonds is 7. The number of aromatic nitrogens is 2. The summed E-state index contributed by atoms with van der Waals surface area (Å²) >= 11 is 6.10. The maximum atomic E-state index is 6.10. The average Bonchev–Trinajstić information content (AvgIpc) is 2.48. The van der Waals surface area contributed by atoms with E-state index in [1.807, 2.05) is 14.0 Å². The van der Waals surface area contributed by atoms with Crippen LogP contribution in [0.25, 0.3) is 0 Å². The number of ether oxygens (including phenoxy) is 1. The smallest absolute Gasteiger partial charge is 0.132 e. The molecule has 0 spiro atoms. The van der Waals surface area contributed by atoms with Crippen LogP contribution in [-0.2, 0) is 18.4 Å². The first kappa shape index (κ1) is 14.5. The minimum Gasteiger partial charge on any atom is -0.377 e. The summed E-state index contributed by atoms with van der Waals surface area (Å²) in [4.78, 5) is 0. The van der Waals surface area contributed by atoms with E-state index >= 15 is 0 Å². The summed E-state index contributed by atoms with van der Waals surface area (Å²) in [5.41, 5.74) is 1.93. The lowest BCUT2D eigenvalue weighted by atomic mass is 10.3. The van der Waals surface area contributed by atoms with Crippen molar-refractivity contribution in [2.75, 3.05) is 13.2 Å². The minimum absolute atomic E-state index is 0.532. The molecule has 1 aromatic rings. The number of nitrogens with zero attached hydrogens (tertiary/aromatic N) is 2. The van der Waals surface area contributed by atoms with Crippen molar-refractivity contribution in [1.29, 1.82) is 0 Å². The van der Waals surface area contributed by atoms with Crippen LogP contribution in [0.5, 0.6) is 0 Å². The second kappa shape index (κ2) is 6.99. The van der Waals surface area contributed by atoms with Crippen LogP contribution in [0.4, 0.5) is 0 Å². The summed E-state index contributed by atoms with van der Waals surface area (Å²) in [6, 6.07) is 0.532. The fourth-order valence-electron chi connectivity index (χ4n) is 1.58. The van der Waals surface area contributed by atoms with Gasteiger partial charge in [0.15, 0.2) is 0 Å². The van der Waals surface area contributed by atoms with E-state index in [0.29, 0.717) is 17.8 Å². The van der Waals surface area contributed by atoms with Gasteiger partial charge in [0, 0.05) is 25.3 Å². The Labute approximate surface area is 108 Å². The van der Waals surface area contributed by atoms with Gasteiger partial charge in [-0.2, -0.15) is 5.10 Å². The number of hydrogen-bond acceptors (Lipinski definition) is 3. The lowest BCUT2D eigenvalue weighted by molar-refractivity contribution is 0.117. The highest BCUT2D eigenvalue weighted by molar-refractivity contribution is 6.30. The van der Waals surface area contributed by atoms with Crippen LogP contribution in [0.3, 0.4) is 0 Å². The Kier molecular flexibility index (Phi) is 5.95. The molecule has 0 atom stereocenters. The maximum absolute atomic E-state index is 6.10. The van der Waals surface area contributed by atoms with E-state index in [9.17, 15) is 0 Å². The molecule has 1 heterocycles. The van der Waals surface area contributed by atoms with Gasteiger partial charge in [0.2, 0.25) is 0 Å². The number of aryl methyl sites for hydroxylation is 2. The molecule has 1 N–H and O–H groups in total. The van der Waals surface area contributed by atoms with Crippen LogP contribution < -0.4 is 5.32 Å². The molecule has 0 unspecified atom stereocenters. The van der Waals surface area contributed by atoms with Gasteiger partial charge in [-0.3, -0.25) is 4.68 Å². The Morgan fingerprint density at radius 3 is 2.71 bits per heavy atom. The molecule has 1 aromatic heterocycles. The molecule has 4 nitrogen and oxygen atoms in total. The lowest BCUT2D eigenvalue weighted by Gasteiger charge is -2.08. The Bertz CT molecular complexity index is 350. The molecular formula is C12H22ClN3O. The van der Waals surface area contributed by atoms with Gasteiger partial charge in [0.1, 0.15) is 5.15 Å². The summed E-state index contributed by atoms with van der Waals surface area (Å²) in [6.07, 6.45) is 1.01. The normalized spacial score (nSPS) is 11.4. The van der Waals surface area contributed by atoms with Crippen LogP contribution in [0.2, 0.25) is 5.15 Å². The molecule has 0 amide bonds. The van der Waals surface area contributed by atoms with Gasteiger partial charge in [-0.1, -0.05) is 25.4 Å². The number of nitrogens with one attached hydrogen (secondary N) is 1. The molecule has 0 radical (unpaired) electrons. The molecule has 0 saturated heterocycles. The third-order valence-electron chi connectivity index (χ3n) is 2.53. The van der Waals surface area contributed by atoms with Gasteiger partial charge < -0.3 is 10.1 Å². The van der Waals surface area contributed by atoms with Crippen LogP contribution >= 0.6 is 11.6 Å². The van der Waals surface area contributed by atoms with Gasteiger partial charge in [-0.15, -0.1) is 0 Å². The van der Waals surface area contributed by atoms with Crippen LogP contribution in [0.15, 0.2) is 0 Å². The summed E-state index contributed by atoms with van der Waals surface area (Å²) in [5, 5.41) is 8.26. The van der Waals surface area contributed by atoms with Crippen molar-refractivity contribution in [2.24, 2.45) is 7.05 Å². The molecule has 0 aliphatic heterocycles. The van der Waals surface area contributed by atoms with E-state index < -0.39 is 0 Å². The molecule has 0 aliphatic rings. The van der Waals surface area contributed by atoms with Crippen molar-refractivity contribution < 1.29 is 4.74 Å². The molecule has 0 aliphatic carbocycles. The summed E-state index contributed by atoms with van der Waals surface area (Å²) < 4.78 is 7.28. The van der Waals surface area contributed by atoms with Crippen molar-refractivity contribution >= 4 is 11.6 Å². The molecule has 0 bridgehead atoms. The van der Waals surface area contributed by atoms with E-state index in [1.54, 1.807) is 4.68 Å². The molecule has 0 fully saturated rings. The first-order valence-electron chi connectivity index (χ1n) is 6.01. The van der Waals surface area contributed by atoms with Gasteiger partial charge in [0.25, 0.3) is 0 Å². The highest BCUT2D eigenvalue weighted by Gasteiger charge is 2.10. The van der Waals surface area contributed by atoms with Gasteiger partial charge in [-0.05, 0) is 19.9 Å². The van der Waals surface area contributed by atoms with E-state index in [0.717, 1.165) is 30.8 Å². The molecule has 0 aromatic carbocycles. The molecule has 98 valence electrons. The van der Waals surface area contributed by atoms with Crippen LogP contribution in [0, 0.1) is 6.92 Å². The predicted molar refractivity (Wildman–Crippen MR) is 70.4 cm³/mol. The quantitative estimate of drug-likeness (QED) is 0.764. The van der Waals surface area contributed by atoms with Gasteiger partial charge in [-0.25, -0.2) is 0 Å². The van der Waals surface area contributed by atoms with Crippen LogP contribution in [-0.4, -0.2) is 29.0 Å². The standard InChI is InChI=1S/C12H22ClN3O/c1-9(2)14-6-5-7-17-8-11-10(3)15-16(4)12(11)13/h9,14H,5-8H2,1-4H3. The Morgan fingerprint density at radius 1 is 1.47 bits per heavy atom. The maximum Gasteiger partial charge on any atom is 0.132 e. The summed E-state index contributed by atoms with van der Waals surface area (Å²) in [5.74, 6) is 0. The highest BCUT2D eigenvalue weighted by atomic mass is 35.5. The monoisotopic (exact) mass is 259 g/mol. The van der Waals surface area contributed by atoms with Crippen molar-refractivity contribution in [3.8, 4) is 0 Å². The van der Waals surface area contributed by atoms with Crippen molar-refractivity contribution in [3.63, 3.8) is 0 Å². The first-order valence-corrected chi connectivity index (χ1v) is 6.39. The predicted octanol–water partition coefficient (Wildman–Crippen LogP) is 2.29. The van der Waals surface area contributed by atoms with E-state index in [-0.39, 0.29) is 0 Å². The van der Waals surface area contributed by atoms with Crippen molar-refractivity contribution in [1.82, 2.24) is 15.1 Å². The Hall–Kier alpha value is -0.580. The topological polar surface area (TPSA) is 39.1 Å². The second-order valence-corrected chi connectivity index (χ2v) is 4.85.